The summed E-state index contributed by atoms with van der Waals surface area (Å²) in [6.07, 6.45) is 3.62. The lowest BCUT2D eigenvalue weighted by atomic mass is 10.3. The van der Waals surface area contributed by atoms with Crippen molar-refractivity contribution in [3.63, 3.8) is 0 Å². The number of nitrogens with zero attached hydrogens (tertiary/aromatic N) is 3. The van der Waals surface area contributed by atoms with E-state index in [9.17, 15) is 9.18 Å². The first-order valence-electron chi connectivity index (χ1n) is 6.87. The van der Waals surface area contributed by atoms with E-state index in [1.807, 2.05) is 0 Å². The third-order valence-corrected chi connectivity index (χ3v) is 3.37. The van der Waals surface area contributed by atoms with Gasteiger partial charge in [0.05, 0.1) is 0 Å². The molecule has 2 heterocycles. The molecule has 1 aliphatic heterocycles. The zero-order valence-corrected chi connectivity index (χ0v) is 11.4. The van der Waals surface area contributed by atoms with E-state index in [1.165, 1.54) is 12.1 Å². The lowest BCUT2D eigenvalue weighted by Gasteiger charge is -2.14. The molecule has 1 amide bonds. The molecule has 21 heavy (non-hydrogen) atoms. The minimum Gasteiger partial charge on any atom is -0.337 e. The monoisotopic (exact) mass is 286 g/mol. The number of nitrogens with one attached hydrogen (secondary N) is 1. The molecular weight excluding hydrogens is 271 g/mol. The molecule has 5 nitrogen and oxygen atoms in total. The van der Waals surface area contributed by atoms with Gasteiger partial charge in [0.2, 0.25) is 5.95 Å². The van der Waals surface area contributed by atoms with Gasteiger partial charge in [-0.2, -0.15) is 0 Å². The van der Waals surface area contributed by atoms with Gasteiger partial charge in [-0.05, 0) is 43.2 Å². The molecule has 2 aromatic rings. The summed E-state index contributed by atoms with van der Waals surface area (Å²) in [5.41, 5.74) is 1.04. The Kier molecular flexibility index (Phi) is 3.77. The number of carbonyl (C=O) groups is 1. The number of carbonyl (C=O) groups excluding carboxylic acids is 1. The van der Waals surface area contributed by atoms with Gasteiger partial charge in [-0.3, -0.25) is 4.79 Å². The van der Waals surface area contributed by atoms with Crippen LogP contribution in [0.3, 0.4) is 0 Å². The van der Waals surface area contributed by atoms with E-state index in [0.717, 1.165) is 25.9 Å². The van der Waals surface area contributed by atoms with E-state index in [2.05, 4.69) is 15.3 Å². The molecule has 0 radical (unpaired) electrons. The molecule has 0 aliphatic carbocycles. The normalized spacial score (nSPS) is 14.2. The van der Waals surface area contributed by atoms with Crippen LogP contribution in [-0.2, 0) is 0 Å². The predicted molar refractivity (Wildman–Crippen MR) is 76.9 cm³/mol. The fraction of sp³-hybridized carbons (Fsp3) is 0.267. The first kappa shape index (κ1) is 13.5. The van der Waals surface area contributed by atoms with Crippen LogP contribution in [0, 0.1) is 5.82 Å². The van der Waals surface area contributed by atoms with Gasteiger partial charge in [-0.25, -0.2) is 14.4 Å². The highest BCUT2D eigenvalue weighted by Crippen LogP contribution is 2.15. The van der Waals surface area contributed by atoms with Crippen molar-refractivity contribution >= 4 is 17.5 Å². The number of hydrogen-bond donors (Lipinski definition) is 1. The zero-order valence-electron chi connectivity index (χ0n) is 11.4. The smallest absolute Gasteiger partial charge is 0.272 e. The Morgan fingerprint density at radius 3 is 2.57 bits per heavy atom. The van der Waals surface area contributed by atoms with Crippen LogP contribution in [0.1, 0.15) is 23.3 Å². The van der Waals surface area contributed by atoms with Crippen LogP contribution >= 0.6 is 0 Å². The minimum atomic E-state index is -0.306. The number of halogens is 1. The van der Waals surface area contributed by atoms with Crippen LogP contribution in [0.4, 0.5) is 16.0 Å². The average Bonchev–Trinajstić information content (AvgIpc) is 3.03. The Morgan fingerprint density at radius 1 is 1.14 bits per heavy atom. The van der Waals surface area contributed by atoms with E-state index in [1.54, 1.807) is 29.3 Å². The van der Waals surface area contributed by atoms with Crippen molar-refractivity contribution in [1.82, 2.24) is 14.9 Å². The molecule has 0 saturated carbocycles. The van der Waals surface area contributed by atoms with Gasteiger partial charge in [0, 0.05) is 25.0 Å². The van der Waals surface area contributed by atoms with Crippen molar-refractivity contribution in [2.24, 2.45) is 0 Å². The second-order valence-electron chi connectivity index (χ2n) is 4.90. The quantitative estimate of drug-likeness (QED) is 0.942. The highest BCUT2D eigenvalue weighted by Gasteiger charge is 2.20. The number of anilines is 2. The van der Waals surface area contributed by atoms with Crippen LogP contribution in [0.5, 0.6) is 0 Å². The molecule has 6 heteroatoms. The van der Waals surface area contributed by atoms with E-state index < -0.39 is 0 Å². The molecule has 1 aliphatic rings. The molecular formula is C15H15FN4O. The molecule has 1 aromatic heterocycles. The van der Waals surface area contributed by atoms with Gasteiger partial charge in [0.15, 0.2) is 0 Å². The summed E-state index contributed by atoms with van der Waals surface area (Å²) in [7, 11) is 0. The minimum absolute atomic E-state index is 0.0722. The zero-order chi connectivity index (χ0) is 14.7. The maximum atomic E-state index is 12.9. The van der Waals surface area contributed by atoms with Gasteiger partial charge in [-0.1, -0.05) is 0 Å². The molecule has 3 rings (SSSR count). The van der Waals surface area contributed by atoms with Gasteiger partial charge < -0.3 is 10.2 Å². The average molecular weight is 286 g/mol. The fourth-order valence-corrected chi connectivity index (χ4v) is 2.28. The van der Waals surface area contributed by atoms with Gasteiger partial charge in [0.25, 0.3) is 5.91 Å². The SMILES string of the molecule is O=C(c1ccnc(Nc2ccc(F)cc2)n1)N1CCCC1. The summed E-state index contributed by atoms with van der Waals surface area (Å²) < 4.78 is 12.9. The van der Waals surface area contributed by atoms with E-state index in [-0.39, 0.29) is 11.7 Å². The van der Waals surface area contributed by atoms with Crippen LogP contribution in [0.2, 0.25) is 0 Å². The third-order valence-electron chi connectivity index (χ3n) is 3.37. The van der Waals surface area contributed by atoms with Crippen molar-refractivity contribution < 1.29 is 9.18 Å². The first-order valence-corrected chi connectivity index (χ1v) is 6.87. The standard InChI is InChI=1S/C15H15FN4O/c16-11-3-5-12(6-4-11)18-15-17-8-7-13(19-15)14(21)20-9-1-2-10-20/h3-8H,1-2,9-10H2,(H,17,18,19). The van der Waals surface area contributed by atoms with Crippen molar-refractivity contribution in [3.05, 3.63) is 48.0 Å². The predicted octanol–water partition coefficient (Wildman–Crippen LogP) is 2.60. The van der Waals surface area contributed by atoms with Gasteiger partial charge in [-0.15, -0.1) is 0 Å². The third kappa shape index (κ3) is 3.16. The van der Waals surface area contributed by atoms with E-state index in [0.29, 0.717) is 17.3 Å². The number of amides is 1. The molecule has 1 fully saturated rings. The van der Waals surface area contributed by atoms with Crippen LogP contribution in [0.15, 0.2) is 36.5 Å². The molecule has 1 N–H and O–H groups in total. The van der Waals surface area contributed by atoms with Crippen molar-refractivity contribution in [2.45, 2.75) is 12.8 Å². The second kappa shape index (κ2) is 5.87. The summed E-state index contributed by atoms with van der Waals surface area (Å²) in [5.74, 6) is -0.0526. The number of likely N-dealkylation sites (tertiary alicyclic amines) is 1. The molecule has 1 aromatic carbocycles. The molecule has 0 spiro atoms. The van der Waals surface area contributed by atoms with Crippen LogP contribution < -0.4 is 5.32 Å². The van der Waals surface area contributed by atoms with Gasteiger partial charge >= 0.3 is 0 Å². The maximum absolute atomic E-state index is 12.9. The molecule has 108 valence electrons. The summed E-state index contributed by atoms with van der Waals surface area (Å²) in [6, 6.07) is 7.49. The molecule has 0 atom stereocenters. The van der Waals surface area contributed by atoms with E-state index in [4.69, 9.17) is 0 Å². The number of benzene rings is 1. The van der Waals surface area contributed by atoms with Crippen molar-refractivity contribution in [3.8, 4) is 0 Å². The largest absolute Gasteiger partial charge is 0.337 e. The summed E-state index contributed by atoms with van der Waals surface area (Å²) in [6.45, 7) is 1.56. The molecule has 0 unspecified atom stereocenters. The molecule has 1 saturated heterocycles. The maximum Gasteiger partial charge on any atom is 0.272 e. The molecule has 0 bridgehead atoms. The Morgan fingerprint density at radius 2 is 1.86 bits per heavy atom. The topological polar surface area (TPSA) is 58.1 Å². The lowest BCUT2D eigenvalue weighted by molar-refractivity contribution is 0.0787. The Balaban J connectivity index is 1.76. The summed E-state index contributed by atoms with van der Waals surface area (Å²) >= 11 is 0. The van der Waals surface area contributed by atoms with Gasteiger partial charge in [0.1, 0.15) is 11.5 Å². The first-order chi connectivity index (χ1) is 10.2. The number of hydrogen-bond acceptors (Lipinski definition) is 4. The van der Waals surface area contributed by atoms with E-state index >= 15 is 0 Å². The van der Waals surface area contributed by atoms with Crippen LogP contribution in [-0.4, -0.2) is 33.9 Å². The number of rotatable bonds is 3. The summed E-state index contributed by atoms with van der Waals surface area (Å²) in [5, 5.41) is 2.96. The lowest BCUT2D eigenvalue weighted by Crippen LogP contribution is -2.28. The van der Waals surface area contributed by atoms with Crippen molar-refractivity contribution in [2.75, 3.05) is 18.4 Å². The number of aromatic nitrogens is 2. The highest BCUT2D eigenvalue weighted by atomic mass is 19.1. The fourth-order valence-electron chi connectivity index (χ4n) is 2.28. The second-order valence-corrected chi connectivity index (χ2v) is 4.90. The van der Waals surface area contributed by atoms with Crippen molar-refractivity contribution in [1.29, 1.82) is 0 Å². The highest BCUT2D eigenvalue weighted by molar-refractivity contribution is 5.92. The Bertz CT molecular complexity index is 638. The van der Waals surface area contributed by atoms with Crippen LogP contribution in [0.25, 0.3) is 0 Å². The summed E-state index contributed by atoms with van der Waals surface area (Å²) in [4.78, 5) is 22.4. The Labute approximate surface area is 121 Å². The Hall–Kier alpha value is -2.50.